The number of carboxylic acids is 1. The van der Waals surface area contributed by atoms with Crippen LogP contribution in [0.15, 0.2) is 0 Å². The highest BCUT2D eigenvalue weighted by molar-refractivity contribution is 5.87. The van der Waals surface area contributed by atoms with Gasteiger partial charge in [0.15, 0.2) is 0 Å². The molecule has 0 aliphatic heterocycles. The summed E-state index contributed by atoms with van der Waals surface area (Å²) in [6.45, 7) is 5.10. The summed E-state index contributed by atoms with van der Waals surface area (Å²) in [5, 5.41) is 14.3. The van der Waals surface area contributed by atoms with Crippen molar-refractivity contribution in [2.45, 2.75) is 45.7 Å². The summed E-state index contributed by atoms with van der Waals surface area (Å²) in [5.41, 5.74) is -0.612. The number of nitrogens with zero attached hydrogens (tertiary/aromatic N) is 1. The Hall–Kier alpha value is -1.79. The van der Waals surface area contributed by atoms with Crippen molar-refractivity contribution in [3.05, 3.63) is 0 Å². The van der Waals surface area contributed by atoms with Gasteiger partial charge in [-0.2, -0.15) is 0 Å². The maximum absolute atomic E-state index is 11.9. The van der Waals surface area contributed by atoms with E-state index in [0.29, 0.717) is 0 Å². The molecule has 0 unspecified atom stereocenters. The van der Waals surface area contributed by atoms with Gasteiger partial charge >= 0.3 is 12.0 Å². The van der Waals surface area contributed by atoms with Gasteiger partial charge in [-0.05, 0) is 18.3 Å². The van der Waals surface area contributed by atoms with Crippen LogP contribution in [0.2, 0.25) is 0 Å². The SMILES string of the molecule is CN(CC(=O)NC1CC1)C(=O)N[C@@H](C(=O)O)C(C)(C)C. The van der Waals surface area contributed by atoms with Crippen LogP contribution in [0.1, 0.15) is 33.6 Å². The van der Waals surface area contributed by atoms with Crippen molar-refractivity contribution < 1.29 is 19.5 Å². The third kappa shape index (κ3) is 5.07. The molecule has 1 aliphatic carbocycles. The summed E-state index contributed by atoms with van der Waals surface area (Å²) in [6.07, 6.45) is 1.96. The molecule has 3 amide bonds. The van der Waals surface area contributed by atoms with Crippen molar-refractivity contribution in [1.82, 2.24) is 15.5 Å². The van der Waals surface area contributed by atoms with Gasteiger partial charge in [0.1, 0.15) is 12.6 Å². The van der Waals surface area contributed by atoms with Gasteiger partial charge in [0.25, 0.3) is 0 Å². The molecule has 3 N–H and O–H groups in total. The highest BCUT2D eigenvalue weighted by atomic mass is 16.4. The predicted octanol–water partition coefficient (Wildman–Crippen LogP) is 0.406. The molecular formula is C13H23N3O4. The van der Waals surface area contributed by atoms with E-state index in [1.54, 1.807) is 20.8 Å². The van der Waals surface area contributed by atoms with E-state index in [9.17, 15) is 14.4 Å². The summed E-state index contributed by atoms with van der Waals surface area (Å²) in [6, 6.07) is -1.34. The Kier molecular flexibility index (Phi) is 4.97. The van der Waals surface area contributed by atoms with Crippen LogP contribution < -0.4 is 10.6 Å². The first kappa shape index (κ1) is 16.3. The van der Waals surface area contributed by atoms with Crippen LogP contribution in [0.25, 0.3) is 0 Å². The number of nitrogens with one attached hydrogen (secondary N) is 2. The van der Waals surface area contributed by atoms with Crippen LogP contribution in [0, 0.1) is 5.41 Å². The van der Waals surface area contributed by atoms with Crippen molar-refractivity contribution >= 4 is 17.9 Å². The monoisotopic (exact) mass is 285 g/mol. The van der Waals surface area contributed by atoms with Gasteiger partial charge in [-0.15, -0.1) is 0 Å². The summed E-state index contributed by atoms with van der Waals surface area (Å²) in [5.74, 6) is -1.32. The zero-order chi connectivity index (χ0) is 15.5. The van der Waals surface area contributed by atoms with Crippen LogP contribution in [0.3, 0.4) is 0 Å². The summed E-state index contributed by atoms with van der Waals surface area (Å²) < 4.78 is 0. The Bertz CT molecular complexity index is 399. The molecule has 1 atom stereocenters. The van der Waals surface area contributed by atoms with E-state index >= 15 is 0 Å². The van der Waals surface area contributed by atoms with Crippen LogP contribution in [-0.4, -0.2) is 53.6 Å². The second kappa shape index (κ2) is 6.11. The Morgan fingerprint density at radius 2 is 1.85 bits per heavy atom. The molecule has 0 aromatic carbocycles. The van der Waals surface area contributed by atoms with E-state index in [4.69, 9.17) is 5.11 Å². The maximum atomic E-state index is 11.9. The third-order valence-electron chi connectivity index (χ3n) is 3.05. The van der Waals surface area contributed by atoms with Crippen molar-refractivity contribution in [1.29, 1.82) is 0 Å². The number of carboxylic acid groups (broad SMARTS) is 1. The van der Waals surface area contributed by atoms with E-state index in [-0.39, 0.29) is 18.5 Å². The Balaban J connectivity index is 2.50. The Morgan fingerprint density at radius 1 is 1.30 bits per heavy atom. The number of urea groups is 1. The minimum absolute atomic E-state index is 0.0845. The normalized spacial score (nSPS) is 16.2. The quantitative estimate of drug-likeness (QED) is 0.681. The van der Waals surface area contributed by atoms with Gasteiger partial charge in [-0.25, -0.2) is 9.59 Å². The van der Waals surface area contributed by atoms with E-state index in [1.165, 1.54) is 11.9 Å². The molecule has 0 aromatic heterocycles. The second-order valence-corrected chi connectivity index (χ2v) is 6.28. The Labute approximate surface area is 118 Å². The lowest BCUT2D eigenvalue weighted by molar-refractivity contribution is -0.142. The number of hydrogen-bond donors (Lipinski definition) is 3. The molecule has 0 radical (unpaired) electrons. The van der Waals surface area contributed by atoms with E-state index in [0.717, 1.165) is 12.8 Å². The first-order valence-corrected chi connectivity index (χ1v) is 6.65. The van der Waals surface area contributed by atoms with Gasteiger partial charge in [0.05, 0.1) is 0 Å². The van der Waals surface area contributed by atoms with Crippen LogP contribution in [0.5, 0.6) is 0 Å². The molecule has 114 valence electrons. The van der Waals surface area contributed by atoms with E-state index in [2.05, 4.69) is 10.6 Å². The van der Waals surface area contributed by atoms with Gasteiger partial charge in [-0.3, -0.25) is 4.79 Å². The maximum Gasteiger partial charge on any atom is 0.326 e. The first-order chi connectivity index (χ1) is 9.11. The molecule has 1 rings (SSSR count). The lowest BCUT2D eigenvalue weighted by atomic mass is 9.87. The molecule has 1 saturated carbocycles. The average Bonchev–Trinajstić information content (AvgIpc) is 3.06. The number of hydrogen-bond acceptors (Lipinski definition) is 3. The minimum atomic E-state index is -1.10. The number of likely N-dealkylation sites (N-methyl/N-ethyl adjacent to an activating group) is 1. The van der Waals surface area contributed by atoms with Gasteiger partial charge in [0.2, 0.25) is 5.91 Å². The molecule has 0 heterocycles. The standard InChI is InChI=1S/C13H23N3O4/c1-13(2,3)10(11(18)19)15-12(20)16(4)7-9(17)14-8-5-6-8/h8,10H,5-7H2,1-4H3,(H,14,17)(H,15,20)(H,18,19)/t10-/m0/s1. The van der Waals surface area contributed by atoms with Crippen LogP contribution in [0.4, 0.5) is 4.79 Å². The molecule has 0 saturated heterocycles. The third-order valence-corrected chi connectivity index (χ3v) is 3.05. The second-order valence-electron chi connectivity index (χ2n) is 6.28. The van der Waals surface area contributed by atoms with Crippen molar-refractivity contribution in [2.75, 3.05) is 13.6 Å². The molecule has 1 aliphatic rings. The van der Waals surface area contributed by atoms with Crippen LogP contribution >= 0.6 is 0 Å². The zero-order valence-electron chi connectivity index (χ0n) is 12.4. The molecular weight excluding hydrogens is 262 g/mol. The number of carbonyl (C=O) groups excluding carboxylic acids is 2. The first-order valence-electron chi connectivity index (χ1n) is 6.65. The topological polar surface area (TPSA) is 98.7 Å². The predicted molar refractivity (Wildman–Crippen MR) is 73.2 cm³/mol. The smallest absolute Gasteiger partial charge is 0.326 e. The molecule has 0 aromatic rings. The minimum Gasteiger partial charge on any atom is -0.480 e. The van der Waals surface area contributed by atoms with E-state index in [1.807, 2.05) is 0 Å². The molecule has 20 heavy (non-hydrogen) atoms. The molecule has 1 fully saturated rings. The Morgan fingerprint density at radius 3 is 2.25 bits per heavy atom. The number of carbonyl (C=O) groups is 3. The van der Waals surface area contributed by atoms with Crippen molar-refractivity contribution in [3.63, 3.8) is 0 Å². The zero-order valence-corrected chi connectivity index (χ0v) is 12.4. The molecule has 7 heteroatoms. The fourth-order valence-corrected chi connectivity index (χ4v) is 1.67. The fraction of sp³-hybridized carbons (Fsp3) is 0.769. The van der Waals surface area contributed by atoms with Crippen LogP contribution in [-0.2, 0) is 9.59 Å². The van der Waals surface area contributed by atoms with Gasteiger partial charge in [-0.1, -0.05) is 20.8 Å². The lowest BCUT2D eigenvalue weighted by Crippen LogP contribution is -2.53. The average molecular weight is 285 g/mol. The number of rotatable bonds is 5. The highest BCUT2D eigenvalue weighted by Crippen LogP contribution is 2.20. The fourth-order valence-electron chi connectivity index (χ4n) is 1.67. The summed E-state index contributed by atoms with van der Waals surface area (Å²) >= 11 is 0. The number of aliphatic carboxylic acids is 1. The summed E-state index contributed by atoms with van der Waals surface area (Å²) in [4.78, 5) is 35.8. The highest BCUT2D eigenvalue weighted by Gasteiger charge is 2.33. The lowest BCUT2D eigenvalue weighted by Gasteiger charge is -2.29. The van der Waals surface area contributed by atoms with E-state index < -0.39 is 23.5 Å². The molecule has 0 bridgehead atoms. The summed E-state index contributed by atoms with van der Waals surface area (Å²) in [7, 11) is 1.46. The van der Waals surface area contributed by atoms with Crippen molar-refractivity contribution in [2.24, 2.45) is 5.41 Å². The number of amides is 3. The van der Waals surface area contributed by atoms with Gasteiger partial charge in [0, 0.05) is 13.1 Å². The molecule has 7 nitrogen and oxygen atoms in total. The van der Waals surface area contributed by atoms with Gasteiger partial charge < -0.3 is 20.6 Å². The molecule has 0 spiro atoms. The largest absolute Gasteiger partial charge is 0.480 e. The van der Waals surface area contributed by atoms with Crippen molar-refractivity contribution in [3.8, 4) is 0 Å².